The number of aromatic nitrogens is 2. The van der Waals surface area contributed by atoms with Gasteiger partial charge in [0.05, 0.1) is 11.4 Å². The Morgan fingerprint density at radius 3 is 2.76 bits per heavy atom. The summed E-state index contributed by atoms with van der Waals surface area (Å²) < 4.78 is 2.09. The van der Waals surface area contributed by atoms with E-state index < -0.39 is 0 Å². The lowest BCUT2D eigenvalue weighted by Crippen LogP contribution is -2.33. The number of benzene rings is 1. The van der Waals surface area contributed by atoms with Crippen molar-refractivity contribution in [1.82, 2.24) is 9.78 Å². The summed E-state index contributed by atoms with van der Waals surface area (Å²) in [6.07, 6.45) is 1.25. The van der Waals surface area contributed by atoms with Crippen LogP contribution in [-0.4, -0.2) is 34.4 Å². The van der Waals surface area contributed by atoms with E-state index in [0.717, 1.165) is 16.7 Å². The Balaban J connectivity index is 2.08. The normalized spacial score (nSPS) is 18.1. The number of hydrogen-bond acceptors (Lipinski definition) is 3. The second-order valence-corrected chi connectivity index (χ2v) is 7.11. The summed E-state index contributed by atoms with van der Waals surface area (Å²) in [5.41, 5.74) is 3.52. The number of anilines is 1. The quantitative estimate of drug-likeness (QED) is 0.763. The predicted molar refractivity (Wildman–Crippen MR) is 95.1 cm³/mol. The Morgan fingerprint density at radius 2 is 2.14 bits per heavy atom. The zero-order valence-electron chi connectivity index (χ0n) is 12.4. The molecule has 0 aliphatic carbocycles. The number of rotatable bonds is 4. The molecule has 21 heavy (non-hydrogen) atoms. The van der Waals surface area contributed by atoms with Crippen molar-refractivity contribution in [3.63, 3.8) is 0 Å². The van der Waals surface area contributed by atoms with E-state index in [4.69, 9.17) is 5.10 Å². The molecule has 3 rings (SSSR count). The van der Waals surface area contributed by atoms with E-state index in [1.807, 2.05) is 17.8 Å². The summed E-state index contributed by atoms with van der Waals surface area (Å²) in [4.78, 5) is 2.42. The van der Waals surface area contributed by atoms with Crippen LogP contribution in [0, 0.1) is 6.92 Å². The lowest BCUT2D eigenvalue weighted by atomic mass is 10.2. The summed E-state index contributed by atoms with van der Waals surface area (Å²) >= 11 is 5.68. The maximum absolute atomic E-state index is 4.78. The smallest absolute Gasteiger partial charge is 0.136 e. The molecule has 0 spiro atoms. The van der Waals surface area contributed by atoms with Gasteiger partial charge in [0, 0.05) is 29.7 Å². The molecule has 0 radical (unpaired) electrons. The Kier molecular flexibility index (Phi) is 4.60. The molecule has 1 fully saturated rings. The summed E-state index contributed by atoms with van der Waals surface area (Å²) in [6, 6.07) is 11.0. The molecule has 112 valence electrons. The maximum atomic E-state index is 4.78. The highest BCUT2D eigenvalue weighted by Crippen LogP contribution is 2.32. The van der Waals surface area contributed by atoms with Crippen molar-refractivity contribution in [3.05, 3.63) is 41.6 Å². The van der Waals surface area contributed by atoms with Gasteiger partial charge in [-0.25, -0.2) is 4.68 Å². The molecule has 2 aromatic rings. The molecule has 1 unspecified atom stereocenters. The number of thioether (sulfide) groups is 1. The molecule has 1 aliphatic heterocycles. The number of para-hydroxylation sites is 1. The first-order valence-electron chi connectivity index (χ1n) is 7.23. The van der Waals surface area contributed by atoms with Crippen molar-refractivity contribution in [2.75, 3.05) is 23.5 Å². The molecule has 1 aromatic heterocycles. The first kappa shape index (κ1) is 15.0. The minimum absolute atomic E-state index is 0.603. The zero-order valence-corrected chi connectivity index (χ0v) is 14.8. The molecule has 5 heteroatoms. The van der Waals surface area contributed by atoms with E-state index in [9.17, 15) is 0 Å². The molecule has 0 bridgehead atoms. The van der Waals surface area contributed by atoms with Crippen LogP contribution in [0.3, 0.4) is 0 Å². The molecule has 0 N–H and O–H groups in total. The summed E-state index contributed by atoms with van der Waals surface area (Å²) in [7, 11) is 2.21. The van der Waals surface area contributed by atoms with E-state index in [0.29, 0.717) is 6.04 Å². The monoisotopic (exact) mass is 365 g/mol. The SMILES string of the molecule is Cc1nn(-c2ccccc2)c(N(C)C2CCSC2)c1CBr. The third-order valence-electron chi connectivity index (χ3n) is 4.08. The molecule has 0 amide bonds. The van der Waals surface area contributed by atoms with Crippen LogP contribution in [0.5, 0.6) is 0 Å². The highest BCUT2D eigenvalue weighted by atomic mass is 79.9. The lowest BCUT2D eigenvalue weighted by Gasteiger charge is -2.27. The van der Waals surface area contributed by atoms with Gasteiger partial charge >= 0.3 is 0 Å². The number of nitrogens with zero attached hydrogens (tertiary/aromatic N) is 3. The van der Waals surface area contributed by atoms with Crippen LogP contribution in [0.15, 0.2) is 30.3 Å². The Labute approximate surface area is 138 Å². The molecule has 0 saturated carbocycles. The Hall–Kier alpha value is -0.940. The van der Waals surface area contributed by atoms with E-state index >= 15 is 0 Å². The topological polar surface area (TPSA) is 21.1 Å². The van der Waals surface area contributed by atoms with E-state index in [1.165, 1.54) is 29.3 Å². The highest BCUT2D eigenvalue weighted by molar-refractivity contribution is 9.08. The summed E-state index contributed by atoms with van der Waals surface area (Å²) in [5, 5.41) is 5.62. The van der Waals surface area contributed by atoms with Gasteiger partial charge in [0.25, 0.3) is 0 Å². The Morgan fingerprint density at radius 1 is 1.38 bits per heavy atom. The van der Waals surface area contributed by atoms with Crippen molar-refractivity contribution in [3.8, 4) is 5.69 Å². The van der Waals surface area contributed by atoms with Gasteiger partial charge in [-0.3, -0.25) is 0 Å². The van der Waals surface area contributed by atoms with E-state index in [1.54, 1.807) is 0 Å². The number of aryl methyl sites for hydroxylation is 1. The van der Waals surface area contributed by atoms with Gasteiger partial charge in [0.2, 0.25) is 0 Å². The van der Waals surface area contributed by atoms with Crippen molar-refractivity contribution < 1.29 is 0 Å². The average Bonchev–Trinajstić information content (AvgIpc) is 3.15. The van der Waals surface area contributed by atoms with Gasteiger partial charge in [-0.2, -0.15) is 16.9 Å². The highest BCUT2D eigenvalue weighted by Gasteiger charge is 2.26. The van der Waals surface area contributed by atoms with E-state index in [-0.39, 0.29) is 0 Å². The molecule has 1 aliphatic rings. The molecular formula is C16H20BrN3S. The fourth-order valence-corrected chi connectivity index (χ4v) is 4.74. The fraction of sp³-hybridized carbons (Fsp3) is 0.438. The molecule has 2 heterocycles. The van der Waals surface area contributed by atoms with Crippen LogP contribution in [0.4, 0.5) is 5.82 Å². The van der Waals surface area contributed by atoms with Crippen molar-refractivity contribution >= 4 is 33.5 Å². The molecular weight excluding hydrogens is 346 g/mol. The molecule has 1 aromatic carbocycles. The Bertz CT molecular complexity index is 605. The number of halogens is 1. The minimum atomic E-state index is 0.603. The minimum Gasteiger partial charge on any atom is -0.355 e. The first-order chi connectivity index (χ1) is 10.2. The van der Waals surface area contributed by atoms with Crippen LogP contribution < -0.4 is 4.90 Å². The number of alkyl halides is 1. The van der Waals surface area contributed by atoms with Crippen LogP contribution >= 0.6 is 27.7 Å². The number of hydrogen-bond donors (Lipinski definition) is 0. The maximum Gasteiger partial charge on any atom is 0.136 e. The van der Waals surface area contributed by atoms with Crippen molar-refractivity contribution in [2.24, 2.45) is 0 Å². The third-order valence-corrected chi connectivity index (χ3v) is 5.78. The zero-order chi connectivity index (χ0) is 14.8. The molecule has 1 atom stereocenters. The van der Waals surface area contributed by atoms with Crippen LogP contribution in [0.25, 0.3) is 5.69 Å². The molecule has 3 nitrogen and oxygen atoms in total. The van der Waals surface area contributed by atoms with Gasteiger partial charge in [0.15, 0.2) is 0 Å². The second kappa shape index (κ2) is 6.44. The van der Waals surface area contributed by atoms with Gasteiger partial charge in [-0.15, -0.1) is 0 Å². The summed E-state index contributed by atoms with van der Waals surface area (Å²) in [6.45, 7) is 2.09. The largest absolute Gasteiger partial charge is 0.355 e. The summed E-state index contributed by atoms with van der Waals surface area (Å²) in [5.74, 6) is 3.69. The molecule has 1 saturated heterocycles. The first-order valence-corrected chi connectivity index (χ1v) is 9.50. The van der Waals surface area contributed by atoms with Gasteiger partial charge in [-0.05, 0) is 31.2 Å². The standard InChI is InChI=1S/C16H20BrN3S/c1-12-15(10-17)16(19(2)14-8-9-21-11-14)20(18-12)13-6-4-3-5-7-13/h3-7,14H,8-11H2,1-2H3. The predicted octanol–water partition coefficient (Wildman–Crippen LogP) is 4.02. The lowest BCUT2D eigenvalue weighted by molar-refractivity contribution is 0.674. The van der Waals surface area contributed by atoms with Gasteiger partial charge in [-0.1, -0.05) is 34.1 Å². The van der Waals surface area contributed by atoms with Crippen molar-refractivity contribution in [2.45, 2.75) is 24.7 Å². The average molecular weight is 366 g/mol. The van der Waals surface area contributed by atoms with Gasteiger partial charge in [0.1, 0.15) is 5.82 Å². The van der Waals surface area contributed by atoms with Crippen LogP contribution in [-0.2, 0) is 5.33 Å². The van der Waals surface area contributed by atoms with Gasteiger partial charge < -0.3 is 4.90 Å². The second-order valence-electron chi connectivity index (χ2n) is 5.40. The van der Waals surface area contributed by atoms with Crippen molar-refractivity contribution in [1.29, 1.82) is 0 Å². The fourth-order valence-electron chi connectivity index (χ4n) is 2.82. The van der Waals surface area contributed by atoms with Crippen LogP contribution in [0.1, 0.15) is 17.7 Å². The third kappa shape index (κ3) is 2.86. The van der Waals surface area contributed by atoms with E-state index in [2.05, 4.69) is 63.7 Å². The van der Waals surface area contributed by atoms with Crippen LogP contribution in [0.2, 0.25) is 0 Å².